The highest BCUT2D eigenvalue weighted by molar-refractivity contribution is 5.83. The predicted octanol–water partition coefficient (Wildman–Crippen LogP) is 2.08. The summed E-state index contributed by atoms with van der Waals surface area (Å²) in [5, 5.41) is 0. The number of benzene rings is 1. The predicted molar refractivity (Wildman–Crippen MR) is 45.5 cm³/mol. The number of fused-ring (bicyclic) bond motifs is 1. The molecule has 1 heterocycles. The minimum Gasteiger partial charge on any atom is -0.398 e. The minimum absolute atomic E-state index is 0.0783. The lowest BCUT2D eigenvalue weighted by atomic mass is 10.1. The summed E-state index contributed by atoms with van der Waals surface area (Å²) in [4.78, 5) is 6.53. The van der Waals surface area contributed by atoms with Crippen LogP contribution in [0.3, 0.4) is 0 Å². The average Bonchev–Trinajstić information content (AvgIpc) is 2.50. The van der Waals surface area contributed by atoms with Gasteiger partial charge in [0.1, 0.15) is 0 Å². The Kier molecular flexibility index (Phi) is 1.65. The third kappa shape index (κ3) is 1.12. The molecule has 0 spiro atoms. The van der Waals surface area contributed by atoms with Crippen LogP contribution in [-0.2, 0) is 0 Å². The second-order valence-electron chi connectivity index (χ2n) is 2.67. The molecular weight excluding hydrogens is 176 g/mol. The molecule has 0 aliphatic carbocycles. The molecule has 3 nitrogen and oxygen atoms in total. The fourth-order valence-corrected chi connectivity index (χ4v) is 1.27. The van der Waals surface area contributed by atoms with Gasteiger partial charge in [-0.05, 0) is 12.1 Å². The Balaban J connectivity index is 2.80. The molecule has 0 amide bonds. The number of nitrogen functional groups attached to an aromatic ring is 1. The van der Waals surface area contributed by atoms with Gasteiger partial charge in [0.15, 0.2) is 0 Å². The fourth-order valence-electron chi connectivity index (χ4n) is 1.27. The first kappa shape index (κ1) is 7.97. The molecule has 0 atom stereocenters. The molecular formula is C8H7F2N3. The molecule has 13 heavy (non-hydrogen) atoms. The Morgan fingerprint density at radius 1 is 1.38 bits per heavy atom. The van der Waals surface area contributed by atoms with Crippen LogP contribution in [0.2, 0.25) is 0 Å². The molecule has 0 aliphatic rings. The summed E-state index contributed by atoms with van der Waals surface area (Å²) in [7, 11) is 0. The van der Waals surface area contributed by atoms with Gasteiger partial charge in [-0.2, -0.15) is 0 Å². The summed E-state index contributed by atoms with van der Waals surface area (Å²) in [6, 6.07) is 3.07. The van der Waals surface area contributed by atoms with Crippen molar-refractivity contribution in [2.45, 2.75) is 6.43 Å². The van der Waals surface area contributed by atoms with Crippen molar-refractivity contribution in [3.05, 3.63) is 24.0 Å². The van der Waals surface area contributed by atoms with E-state index in [9.17, 15) is 8.78 Å². The topological polar surface area (TPSA) is 54.7 Å². The summed E-state index contributed by atoms with van der Waals surface area (Å²) in [5.41, 5.74) is 6.11. The van der Waals surface area contributed by atoms with Crippen LogP contribution in [0.5, 0.6) is 0 Å². The maximum absolute atomic E-state index is 12.5. The van der Waals surface area contributed by atoms with Gasteiger partial charge in [-0.25, -0.2) is 13.8 Å². The molecule has 0 fully saturated rings. The Morgan fingerprint density at radius 3 is 2.85 bits per heavy atom. The van der Waals surface area contributed by atoms with Crippen molar-refractivity contribution in [3.63, 3.8) is 0 Å². The Bertz CT molecular complexity index is 436. The lowest BCUT2D eigenvalue weighted by molar-refractivity contribution is 0.154. The van der Waals surface area contributed by atoms with Crippen molar-refractivity contribution >= 4 is 16.7 Å². The molecule has 68 valence electrons. The lowest BCUT2D eigenvalue weighted by Crippen LogP contribution is -1.95. The highest BCUT2D eigenvalue weighted by Crippen LogP contribution is 2.30. The highest BCUT2D eigenvalue weighted by Gasteiger charge is 2.16. The number of aromatic amines is 1. The van der Waals surface area contributed by atoms with E-state index in [-0.39, 0.29) is 16.8 Å². The number of aromatic nitrogens is 2. The summed E-state index contributed by atoms with van der Waals surface area (Å²) in [6.07, 6.45) is -1.22. The first-order valence-electron chi connectivity index (χ1n) is 3.69. The molecule has 0 bridgehead atoms. The van der Waals surface area contributed by atoms with Crippen molar-refractivity contribution in [1.29, 1.82) is 0 Å². The van der Waals surface area contributed by atoms with Gasteiger partial charge in [-0.3, -0.25) is 0 Å². The van der Waals surface area contributed by atoms with Crippen LogP contribution in [0.4, 0.5) is 14.5 Å². The molecule has 1 aromatic carbocycles. The van der Waals surface area contributed by atoms with Gasteiger partial charge in [0.2, 0.25) is 0 Å². The van der Waals surface area contributed by atoms with E-state index < -0.39 is 6.43 Å². The van der Waals surface area contributed by atoms with E-state index in [0.717, 1.165) is 0 Å². The second kappa shape index (κ2) is 2.69. The SMILES string of the molecule is Nc1ccc2[nH]cnc2c1C(F)F. The number of alkyl halides is 2. The molecule has 2 aromatic rings. The van der Waals surface area contributed by atoms with Gasteiger partial charge in [0.05, 0.1) is 22.9 Å². The first-order valence-corrected chi connectivity index (χ1v) is 3.69. The molecule has 0 unspecified atom stereocenters. The molecule has 0 radical (unpaired) electrons. The van der Waals surface area contributed by atoms with Crippen molar-refractivity contribution in [2.75, 3.05) is 5.73 Å². The third-order valence-corrected chi connectivity index (χ3v) is 1.88. The molecule has 0 saturated heterocycles. The largest absolute Gasteiger partial charge is 0.398 e. The normalized spacial score (nSPS) is 11.3. The van der Waals surface area contributed by atoms with Gasteiger partial charge in [0.25, 0.3) is 6.43 Å². The summed E-state index contributed by atoms with van der Waals surface area (Å²) in [6.45, 7) is 0. The highest BCUT2D eigenvalue weighted by atomic mass is 19.3. The maximum atomic E-state index is 12.5. The lowest BCUT2D eigenvalue weighted by Gasteiger charge is -2.04. The minimum atomic E-state index is -2.59. The summed E-state index contributed by atoms with van der Waals surface area (Å²) >= 11 is 0. The maximum Gasteiger partial charge on any atom is 0.267 e. The van der Waals surface area contributed by atoms with Crippen LogP contribution >= 0.6 is 0 Å². The second-order valence-corrected chi connectivity index (χ2v) is 2.67. The van der Waals surface area contributed by atoms with Gasteiger partial charge in [-0.1, -0.05) is 0 Å². The van der Waals surface area contributed by atoms with Crippen molar-refractivity contribution in [3.8, 4) is 0 Å². The van der Waals surface area contributed by atoms with Crippen LogP contribution in [0, 0.1) is 0 Å². The van der Waals surface area contributed by atoms with Crippen molar-refractivity contribution < 1.29 is 8.78 Å². The number of halogens is 2. The number of hydrogen-bond donors (Lipinski definition) is 2. The van der Waals surface area contributed by atoms with Crippen LogP contribution in [0.25, 0.3) is 11.0 Å². The number of anilines is 1. The molecule has 5 heteroatoms. The van der Waals surface area contributed by atoms with E-state index in [0.29, 0.717) is 5.52 Å². The number of H-pyrrole nitrogens is 1. The van der Waals surface area contributed by atoms with Crippen LogP contribution in [-0.4, -0.2) is 9.97 Å². The molecule has 0 aliphatic heterocycles. The van der Waals surface area contributed by atoms with Crippen LogP contribution in [0.1, 0.15) is 12.0 Å². The zero-order chi connectivity index (χ0) is 9.42. The summed E-state index contributed by atoms with van der Waals surface area (Å²) < 4.78 is 25.0. The summed E-state index contributed by atoms with van der Waals surface area (Å²) in [5.74, 6) is 0. The average molecular weight is 183 g/mol. The van der Waals surface area contributed by atoms with Gasteiger partial charge >= 0.3 is 0 Å². The molecule has 1 aromatic heterocycles. The Morgan fingerprint density at radius 2 is 2.15 bits per heavy atom. The van der Waals surface area contributed by atoms with E-state index >= 15 is 0 Å². The standard InChI is InChI=1S/C8H7F2N3/c9-8(10)6-4(11)1-2-5-7(6)13-3-12-5/h1-3,8H,11H2,(H,12,13). The van der Waals surface area contributed by atoms with E-state index in [4.69, 9.17) is 5.73 Å². The molecule has 2 rings (SSSR count). The molecule has 0 saturated carbocycles. The van der Waals surface area contributed by atoms with E-state index in [1.165, 1.54) is 12.4 Å². The smallest absolute Gasteiger partial charge is 0.267 e. The molecule has 3 N–H and O–H groups in total. The van der Waals surface area contributed by atoms with Crippen molar-refractivity contribution in [2.24, 2.45) is 0 Å². The monoisotopic (exact) mass is 183 g/mol. The first-order chi connectivity index (χ1) is 6.20. The zero-order valence-electron chi connectivity index (χ0n) is 6.59. The van der Waals surface area contributed by atoms with Crippen LogP contribution in [0.15, 0.2) is 18.5 Å². The van der Waals surface area contributed by atoms with Crippen molar-refractivity contribution in [1.82, 2.24) is 9.97 Å². The number of nitrogens with one attached hydrogen (secondary N) is 1. The Labute approximate surface area is 72.6 Å². The van der Waals surface area contributed by atoms with Crippen LogP contribution < -0.4 is 5.73 Å². The number of nitrogens with two attached hydrogens (primary N) is 1. The third-order valence-electron chi connectivity index (χ3n) is 1.88. The number of imidazole rings is 1. The van der Waals surface area contributed by atoms with Gasteiger partial charge in [-0.15, -0.1) is 0 Å². The van der Waals surface area contributed by atoms with E-state index in [1.807, 2.05) is 0 Å². The number of hydrogen-bond acceptors (Lipinski definition) is 2. The zero-order valence-corrected chi connectivity index (χ0v) is 6.59. The van der Waals surface area contributed by atoms with Gasteiger partial charge < -0.3 is 10.7 Å². The number of nitrogens with zero attached hydrogens (tertiary/aromatic N) is 1. The van der Waals surface area contributed by atoms with E-state index in [1.54, 1.807) is 6.07 Å². The van der Waals surface area contributed by atoms with E-state index in [2.05, 4.69) is 9.97 Å². The van der Waals surface area contributed by atoms with Gasteiger partial charge in [0, 0.05) is 5.69 Å². The number of rotatable bonds is 1. The fraction of sp³-hybridized carbons (Fsp3) is 0.125. The Hall–Kier alpha value is -1.65. The quantitative estimate of drug-likeness (QED) is 0.665.